The van der Waals surface area contributed by atoms with Crippen molar-refractivity contribution in [1.29, 1.82) is 0 Å². The monoisotopic (exact) mass is 282 g/mol. The summed E-state index contributed by atoms with van der Waals surface area (Å²) < 4.78 is 0. The van der Waals surface area contributed by atoms with Crippen LogP contribution in [0, 0.1) is 0 Å². The van der Waals surface area contributed by atoms with Crippen LogP contribution in [0.4, 0.5) is 11.4 Å². The lowest BCUT2D eigenvalue weighted by Gasteiger charge is -2.32. The second-order valence-electron chi connectivity index (χ2n) is 5.37. The molecule has 4 nitrogen and oxygen atoms in total. The van der Waals surface area contributed by atoms with Gasteiger partial charge in [0, 0.05) is 49.7 Å². The van der Waals surface area contributed by atoms with Crippen LogP contribution in [0.5, 0.6) is 0 Å². The van der Waals surface area contributed by atoms with E-state index in [1.54, 1.807) is 0 Å². The fourth-order valence-corrected chi connectivity index (χ4v) is 2.89. The lowest BCUT2D eigenvalue weighted by molar-refractivity contribution is 0.588. The SMILES string of the molecule is NCc1c(N)cc(-c2ccccc2)cc1N1CCNCC1. The second-order valence-corrected chi connectivity index (χ2v) is 5.37. The summed E-state index contributed by atoms with van der Waals surface area (Å²) in [7, 11) is 0. The maximum absolute atomic E-state index is 6.25. The molecule has 0 radical (unpaired) electrons. The number of nitrogens with zero attached hydrogens (tertiary/aromatic N) is 1. The van der Waals surface area contributed by atoms with Crippen LogP contribution < -0.4 is 21.7 Å². The van der Waals surface area contributed by atoms with Gasteiger partial charge in [-0.05, 0) is 23.3 Å². The van der Waals surface area contributed by atoms with Crippen molar-refractivity contribution in [3.63, 3.8) is 0 Å². The van der Waals surface area contributed by atoms with Gasteiger partial charge in [0.05, 0.1) is 0 Å². The van der Waals surface area contributed by atoms with Gasteiger partial charge in [0.2, 0.25) is 0 Å². The maximum Gasteiger partial charge on any atom is 0.0439 e. The van der Waals surface area contributed by atoms with Crippen molar-refractivity contribution < 1.29 is 0 Å². The summed E-state index contributed by atoms with van der Waals surface area (Å²) in [5.41, 5.74) is 17.5. The molecule has 2 aromatic carbocycles. The molecule has 3 rings (SSSR count). The van der Waals surface area contributed by atoms with E-state index in [9.17, 15) is 0 Å². The second kappa shape index (κ2) is 6.16. The zero-order valence-corrected chi connectivity index (χ0v) is 12.2. The molecule has 0 aromatic heterocycles. The van der Waals surface area contributed by atoms with Crippen LogP contribution in [0.15, 0.2) is 42.5 Å². The smallest absolute Gasteiger partial charge is 0.0439 e. The van der Waals surface area contributed by atoms with Crippen LogP contribution in [0.25, 0.3) is 11.1 Å². The Bertz CT molecular complexity index is 604. The highest BCUT2D eigenvalue weighted by atomic mass is 15.2. The normalized spacial score (nSPS) is 15.2. The zero-order valence-electron chi connectivity index (χ0n) is 12.2. The van der Waals surface area contributed by atoms with E-state index < -0.39 is 0 Å². The molecule has 1 heterocycles. The fraction of sp³-hybridized carbons (Fsp3) is 0.294. The van der Waals surface area contributed by atoms with E-state index in [2.05, 4.69) is 28.4 Å². The molecule has 21 heavy (non-hydrogen) atoms. The van der Waals surface area contributed by atoms with Crippen molar-refractivity contribution in [2.45, 2.75) is 6.54 Å². The molecule has 110 valence electrons. The van der Waals surface area contributed by atoms with Crippen molar-refractivity contribution in [2.75, 3.05) is 36.8 Å². The Hall–Kier alpha value is -2.04. The van der Waals surface area contributed by atoms with Crippen LogP contribution in [-0.2, 0) is 6.54 Å². The van der Waals surface area contributed by atoms with Gasteiger partial charge >= 0.3 is 0 Å². The minimum Gasteiger partial charge on any atom is -0.398 e. The van der Waals surface area contributed by atoms with Crippen molar-refractivity contribution in [1.82, 2.24) is 5.32 Å². The Morgan fingerprint density at radius 2 is 1.71 bits per heavy atom. The van der Waals surface area contributed by atoms with E-state index >= 15 is 0 Å². The number of nitrogens with two attached hydrogens (primary N) is 2. The summed E-state index contributed by atoms with van der Waals surface area (Å²) >= 11 is 0. The van der Waals surface area contributed by atoms with Crippen molar-refractivity contribution in [3.8, 4) is 11.1 Å². The molecule has 0 atom stereocenters. The summed E-state index contributed by atoms with van der Waals surface area (Å²) in [6, 6.07) is 14.6. The lowest BCUT2D eigenvalue weighted by atomic mass is 9.99. The summed E-state index contributed by atoms with van der Waals surface area (Å²) in [5, 5.41) is 3.38. The number of hydrogen-bond donors (Lipinski definition) is 3. The number of hydrogen-bond acceptors (Lipinski definition) is 4. The summed E-state index contributed by atoms with van der Waals surface area (Å²) in [5.74, 6) is 0. The third-order valence-electron chi connectivity index (χ3n) is 4.03. The Morgan fingerprint density at radius 3 is 2.38 bits per heavy atom. The molecule has 0 unspecified atom stereocenters. The molecule has 1 aliphatic heterocycles. The predicted molar refractivity (Wildman–Crippen MR) is 89.3 cm³/mol. The van der Waals surface area contributed by atoms with Gasteiger partial charge in [0.25, 0.3) is 0 Å². The Kier molecular flexibility index (Phi) is 4.08. The first-order valence-corrected chi connectivity index (χ1v) is 7.43. The zero-order chi connectivity index (χ0) is 14.7. The van der Waals surface area contributed by atoms with Gasteiger partial charge < -0.3 is 21.7 Å². The minimum atomic E-state index is 0.472. The van der Waals surface area contributed by atoms with Crippen molar-refractivity contribution in [3.05, 3.63) is 48.0 Å². The first-order valence-electron chi connectivity index (χ1n) is 7.43. The van der Waals surface area contributed by atoms with Gasteiger partial charge in [-0.2, -0.15) is 0 Å². The highest BCUT2D eigenvalue weighted by Crippen LogP contribution is 2.32. The Balaban J connectivity index is 2.06. The van der Waals surface area contributed by atoms with Crippen LogP contribution in [0.2, 0.25) is 0 Å². The molecular formula is C17H22N4. The average molecular weight is 282 g/mol. The maximum atomic E-state index is 6.25. The van der Waals surface area contributed by atoms with Gasteiger partial charge in [-0.15, -0.1) is 0 Å². The topological polar surface area (TPSA) is 67.3 Å². The van der Waals surface area contributed by atoms with E-state index in [1.165, 1.54) is 11.3 Å². The van der Waals surface area contributed by atoms with Gasteiger partial charge in [-0.3, -0.25) is 0 Å². The molecule has 5 N–H and O–H groups in total. The molecule has 0 saturated carbocycles. The molecule has 0 bridgehead atoms. The van der Waals surface area contributed by atoms with E-state index in [-0.39, 0.29) is 0 Å². The van der Waals surface area contributed by atoms with Gasteiger partial charge in [-0.1, -0.05) is 30.3 Å². The molecule has 0 aliphatic carbocycles. The number of nitrogen functional groups attached to an aromatic ring is 1. The number of anilines is 2. The van der Waals surface area contributed by atoms with Crippen LogP contribution in [0.1, 0.15) is 5.56 Å². The standard InChI is InChI=1S/C17H22N4/c18-12-15-16(19)10-14(13-4-2-1-3-5-13)11-17(15)21-8-6-20-7-9-21/h1-5,10-11,20H,6-9,12,18-19H2. The number of benzene rings is 2. The molecule has 1 aliphatic rings. The molecule has 4 heteroatoms. The minimum absolute atomic E-state index is 0.472. The van der Waals surface area contributed by atoms with Crippen LogP contribution in [-0.4, -0.2) is 26.2 Å². The van der Waals surface area contributed by atoms with Gasteiger partial charge in [0.1, 0.15) is 0 Å². The summed E-state index contributed by atoms with van der Waals surface area (Å²) in [6.07, 6.45) is 0. The average Bonchev–Trinajstić information content (AvgIpc) is 2.55. The van der Waals surface area contributed by atoms with E-state index in [0.717, 1.165) is 43.0 Å². The molecule has 0 spiro atoms. The van der Waals surface area contributed by atoms with Gasteiger partial charge in [-0.25, -0.2) is 0 Å². The molecule has 1 fully saturated rings. The van der Waals surface area contributed by atoms with E-state index in [4.69, 9.17) is 11.5 Å². The number of piperazine rings is 1. The third-order valence-corrected chi connectivity index (χ3v) is 4.03. The lowest BCUT2D eigenvalue weighted by Crippen LogP contribution is -2.44. The Morgan fingerprint density at radius 1 is 1.00 bits per heavy atom. The highest BCUT2D eigenvalue weighted by Gasteiger charge is 2.17. The highest BCUT2D eigenvalue weighted by molar-refractivity contribution is 5.77. The largest absolute Gasteiger partial charge is 0.398 e. The van der Waals surface area contributed by atoms with Crippen molar-refractivity contribution >= 4 is 11.4 Å². The molecule has 2 aromatic rings. The fourth-order valence-electron chi connectivity index (χ4n) is 2.89. The van der Waals surface area contributed by atoms with E-state index in [0.29, 0.717) is 6.54 Å². The summed E-state index contributed by atoms with van der Waals surface area (Å²) in [6.45, 7) is 4.45. The quantitative estimate of drug-likeness (QED) is 0.751. The third kappa shape index (κ3) is 2.86. The van der Waals surface area contributed by atoms with Crippen molar-refractivity contribution in [2.24, 2.45) is 5.73 Å². The van der Waals surface area contributed by atoms with Crippen LogP contribution in [0.3, 0.4) is 0 Å². The molecule has 0 amide bonds. The number of rotatable bonds is 3. The van der Waals surface area contributed by atoms with Gasteiger partial charge in [0.15, 0.2) is 0 Å². The Labute approximate surface area is 125 Å². The summed E-state index contributed by atoms with van der Waals surface area (Å²) in [4.78, 5) is 2.38. The number of nitrogens with one attached hydrogen (secondary N) is 1. The first kappa shape index (κ1) is 13.9. The molecule has 1 saturated heterocycles. The predicted octanol–water partition coefficient (Wildman–Crippen LogP) is 1.80. The van der Waals surface area contributed by atoms with E-state index in [1.807, 2.05) is 24.3 Å². The van der Waals surface area contributed by atoms with Crippen LogP contribution >= 0.6 is 0 Å². The molecular weight excluding hydrogens is 260 g/mol. The first-order chi connectivity index (χ1) is 10.3.